The van der Waals surface area contributed by atoms with Crippen LogP contribution in [0.2, 0.25) is 0 Å². The van der Waals surface area contributed by atoms with Gasteiger partial charge in [0, 0.05) is 10.5 Å². The topological polar surface area (TPSA) is 26.0 Å². The summed E-state index contributed by atoms with van der Waals surface area (Å²) in [6.07, 6.45) is 7.67. The van der Waals surface area contributed by atoms with Gasteiger partial charge in [-0.2, -0.15) is 0 Å². The Morgan fingerprint density at radius 1 is 1.18 bits per heavy atom. The van der Waals surface area contributed by atoms with E-state index in [0.29, 0.717) is 0 Å². The van der Waals surface area contributed by atoms with Crippen LogP contribution in [0.4, 0.5) is 0 Å². The van der Waals surface area contributed by atoms with Crippen LogP contribution in [0.15, 0.2) is 22.7 Å². The van der Waals surface area contributed by atoms with E-state index in [4.69, 9.17) is 5.73 Å². The van der Waals surface area contributed by atoms with E-state index < -0.39 is 0 Å². The zero-order chi connectivity index (χ0) is 12.7. The number of unbranched alkanes of at least 4 members (excludes halogenated alkanes) is 4. The van der Waals surface area contributed by atoms with E-state index >= 15 is 0 Å². The minimum absolute atomic E-state index is 0.198. The molecule has 1 rings (SSSR count). The van der Waals surface area contributed by atoms with Crippen molar-refractivity contribution in [1.29, 1.82) is 0 Å². The van der Waals surface area contributed by atoms with Gasteiger partial charge in [0.15, 0.2) is 0 Å². The van der Waals surface area contributed by atoms with Crippen molar-refractivity contribution in [3.63, 3.8) is 0 Å². The first-order valence-electron chi connectivity index (χ1n) is 6.66. The molecule has 2 N–H and O–H groups in total. The van der Waals surface area contributed by atoms with E-state index in [2.05, 4.69) is 48.0 Å². The lowest BCUT2D eigenvalue weighted by molar-refractivity contribution is 0.555. The maximum absolute atomic E-state index is 6.21. The molecular formula is C15H24BrN. The summed E-state index contributed by atoms with van der Waals surface area (Å²) in [5.41, 5.74) is 8.75. The number of rotatable bonds is 7. The van der Waals surface area contributed by atoms with Crippen molar-refractivity contribution in [3.05, 3.63) is 33.8 Å². The number of hydrogen-bond donors (Lipinski definition) is 1. The molecule has 0 spiro atoms. The van der Waals surface area contributed by atoms with Crippen LogP contribution in [0.1, 0.15) is 62.6 Å². The van der Waals surface area contributed by atoms with Gasteiger partial charge in [-0.1, -0.05) is 67.1 Å². The standard InChI is InChI=1S/C15H24BrN/c1-3-4-5-6-7-8-15(17)13-9-10-14(16)12(2)11-13/h9-11,15H,3-8,17H2,1-2H3. The molecule has 0 saturated heterocycles. The maximum Gasteiger partial charge on any atom is 0.0294 e. The molecule has 0 fully saturated rings. The first kappa shape index (κ1) is 14.7. The number of aryl methyl sites for hydroxylation is 1. The summed E-state index contributed by atoms with van der Waals surface area (Å²) in [7, 11) is 0. The fraction of sp³-hybridized carbons (Fsp3) is 0.600. The third-order valence-electron chi connectivity index (χ3n) is 3.23. The fourth-order valence-electron chi connectivity index (χ4n) is 2.03. The van der Waals surface area contributed by atoms with Crippen molar-refractivity contribution in [3.8, 4) is 0 Å². The molecule has 17 heavy (non-hydrogen) atoms. The summed E-state index contributed by atoms with van der Waals surface area (Å²) in [5.74, 6) is 0. The Morgan fingerprint density at radius 3 is 2.53 bits per heavy atom. The monoisotopic (exact) mass is 297 g/mol. The minimum Gasteiger partial charge on any atom is -0.324 e. The van der Waals surface area contributed by atoms with E-state index in [-0.39, 0.29) is 6.04 Å². The molecule has 1 nitrogen and oxygen atoms in total. The summed E-state index contributed by atoms with van der Waals surface area (Å²) in [4.78, 5) is 0. The normalized spacial score (nSPS) is 12.7. The van der Waals surface area contributed by atoms with Crippen LogP contribution in [0, 0.1) is 6.92 Å². The predicted molar refractivity (Wildman–Crippen MR) is 79.2 cm³/mol. The molecule has 96 valence electrons. The zero-order valence-corrected chi connectivity index (χ0v) is 12.6. The molecule has 1 aromatic rings. The first-order chi connectivity index (χ1) is 8.15. The number of benzene rings is 1. The molecule has 0 heterocycles. The SMILES string of the molecule is CCCCCCCC(N)c1ccc(Br)c(C)c1. The predicted octanol–water partition coefficient (Wildman–Crippen LogP) is 5.12. The van der Waals surface area contributed by atoms with Crippen molar-refractivity contribution in [2.24, 2.45) is 5.73 Å². The second kappa shape index (κ2) is 7.88. The van der Waals surface area contributed by atoms with Crippen molar-refractivity contribution in [2.75, 3.05) is 0 Å². The second-order valence-electron chi connectivity index (χ2n) is 4.82. The van der Waals surface area contributed by atoms with Crippen LogP contribution in [0.5, 0.6) is 0 Å². The molecular weight excluding hydrogens is 274 g/mol. The summed E-state index contributed by atoms with van der Waals surface area (Å²) in [5, 5.41) is 0. The Bertz CT molecular complexity index is 336. The average Bonchev–Trinajstić information content (AvgIpc) is 2.32. The van der Waals surface area contributed by atoms with Crippen molar-refractivity contribution in [2.45, 2.75) is 58.4 Å². The van der Waals surface area contributed by atoms with Gasteiger partial charge in [0.2, 0.25) is 0 Å². The summed E-state index contributed by atoms with van der Waals surface area (Å²) in [6.45, 7) is 4.36. The van der Waals surface area contributed by atoms with Gasteiger partial charge in [-0.3, -0.25) is 0 Å². The zero-order valence-electron chi connectivity index (χ0n) is 11.0. The van der Waals surface area contributed by atoms with Gasteiger partial charge in [-0.05, 0) is 30.5 Å². The lowest BCUT2D eigenvalue weighted by atomic mass is 9.99. The summed E-state index contributed by atoms with van der Waals surface area (Å²) >= 11 is 3.52. The van der Waals surface area contributed by atoms with Crippen LogP contribution >= 0.6 is 15.9 Å². The second-order valence-corrected chi connectivity index (χ2v) is 5.67. The molecule has 1 unspecified atom stereocenters. The highest BCUT2D eigenvalue weighted by Gasteiger charge is 2.06. The van der Waals surface area contributed by atoms with Crippen molar-refractivity contribution >= 4 is 15.9 Å². The molecule has 0 amide bonds. The molecule has 2 heteroatoms. The van der Waals surface area contributed by atoms with Crippen molar-refractivity contribution < 1.29 is 0 Å². The van der Waals surface area contributed by atoms with Crippen LogP contribution in [0.3, 0.4) is 0 Å². The molecule has 0 aliphatic carbocycles. The smallest absolute Gasteiger partial charge is 0.0294 e. The van der Waals surface area contributed by atoms with E-state index in [1.807, 2.05) is 0 Å². The molecule has 0 aromatic heterocycles. The highest BCUT2D eigenvalue weighted by atomic mass is 79.9. The number of hydrogen-bond acceptors (Lipinski definition) is 1. The van der Waals surface area contributed by atoms with Gasteiger partial charge in [-0.25, -0.2) is 0 Å². The van der Waals surface area contributed by atoms with E-state index in [9.17, 15) is 0 Å². The highest BCUT2D eigenvalue weighted by Crippen LogP contribution is 2.23. The van der Waals surface area contributed by atoms with E-state index in [1.54, 1.807) is 0 Å². The Hall–Kier alpha value is -0.340. The fourth-order valence-corrected chi connectivity index (χ4v) is 2.28. The van der Waals surface area contributed by atoms with Crippen LogP contribution < -0.4 is 5.73 Å². The average molecular weight is 298 g/mol. The van der Waals surface area contributed by atoms with E-state index in [1.165, 1.54) is 43.2 Å². The molecule has 0 aliphatic heterocycles. The van der Waals surface area contributed by atoms with Gasteiger partial charge in [0.25, 0.3) is 0 Å². The third kappa shape index (κ3) is 5.22. The van der Waals surface area contributed by atoms with Gasteiger partial charge >= 0.3 is 0 Å². The first-order valence-corrected chi connectivity index (χ1v) is 7.46. The van der Waals surface area contributed by atoms with Gasteiger partial charge < -0.3 is 5.73 Å². The Balaban J connectivity index is 2.36. The van der Waals surface area contributed by atoms with Crippen LogP contribution in [0.25, 0.3) is 0 Å². The van der Waals surface area contributed by atoms with Crippen molar-refractivity contribution in [1.82, 2.24) is 0 Å². The van der Waals surface area contributed by atoms with Crippen LogP contribution in [-0.2, 0) is 0 Å². The Morgan fingerprint density at radius 2 is 1.88 bits per heavy atom. The Kier molecular flexibility index (Phi) is 6.83. The third-order valence-corrected chi connectivity index (χ3v) is 4.12. The van der Waals surface area contributed by atoms with Gasteiger partial charge in [-0.15, -0.1) is 0 Å². The molecule has 0 saturated carbocycles. The molecule has 0 bridgehead atoms. The van der Waals surface area contributed by atoms with E-state index in [0.717, 1.165) is 10.9 Å². The highest BCUT2D eigenvalue weighted by molar-refractivity contribution is 9.10. The largest absolute Gasteiger partial charge is 0.324 e. The van der Waals surface area contributed by atoms with Crippen LogP contribution in [-0.4, -0.2) is 0 Å². The lowest BCUT2D eigenvalue weighted by Gasteiger charge is -2.13. The lowest BCUT2D eigenvalue weighted by Crippen LogP contribution is -2.10. The van der Waals surface area contributed by atoms with Gasteiger partial charge in [0.05, 0.1) is 0 Å². The molecule has 1 aromatic carbocycles. The quantitative estimate of drug-likeness (QED) is 0.695. The number of halogens is 1. The number of nitrogens with two attached hydrogens (primary N) is 1. The minimum atomic E-state index is 0.198. The maximum atomic E-state index is 6.21. The molecule has 1 atom stereocenters. The summed E-state index contributed by atoms with van der Waals surface area (Å²) in [6, 6.07) is 6.62. The van der Waals surface area contributed by atoms with Gasteiger partial charge in [0.1, 0.15) is 0 Å². The molecule has 0 aliphatic rings. The molecule has 0 radical (unpaired) electrons. The Labute approximate surface area is 114 Å². The summed E-state index contributed by atoms with van der Waals surface area (Å²) < 4.78 is 1.16.